The van der Waals surface area contributed by atoms with Crippen LogP contribution in [0.25, 0.3) is 11.1 Å². The number of halogens is 2. The summed E-state index contributed by atoms with van der Waals surface area (Å²) in [4.78, 5) is 24.1. The molecule has 3 aromatic rings. The van der Waals surface area contributed by atoms with E-state index >= 15 is 0 Å². The minimum atomic E-state index is -1.36. The second-order valence-electron chi connectivity index (χ2n) is 9.10. The summed E-state index contributed by atoms with van der Waals surface area (Å²) < 4.78 is 11.3. The van der Waals surface area contributed by atoms with Crippen molar-refractivity contribution in [3.63, 3.8) is 0 Å². The molecule has 6 nitrogen and oxygen atoms in total. The van der Waals surface area contributed by atoms with E-state index in [1.165, 1.54) is 13.8 Å². The number of aliphatic carboxylic acids is 1. The molecule has 0 saturated carbocycles. The first-order valence-corrected chi connectivity index (χ1v) is 12.9. The van der Waals surface area contributed by atoms with Crippen LogP contribution in [0.5, 0.6) is 11.5 Å². The molecule has 3 rings (SSSR count). The summed E-state index contributed by atoms with van der Waals surface area (Å²) in [5, 5.41) is 13.1. The number of hydrogen-bond donors (Lipinski definition) is 2. The van der Waals surface area contributed by atoms with Crippen molar-refractivity contribution in [3.8, 4) is 22.6 Å². The molecule has 0 aromatic heterocycles. The molecule has 0 radical (unpaired) electrons. The third-order valence-electron chi connectivity index (χ3n) is 5.73. The van der Waals surface area contributed by atoms with Crippen molar-refractivity contribution >= 4 is 35.1 Å². The zero-order valence-electron chi connectivity index (χ0n) is 21.1. The van der Waals surface area contributed by atoms with Crippen LogP contribution in [-0.4, -0.2) is 35.7 Å². The van der Waals surface area contributed by atoms with Crippen LogP contribution in [0.2, 0.25) is 10.0 Å². The molecular formula is C29H31Cl2NO5. The Hall–Kier alpha value is -3.22. The minimum Gasteiger partial charge on any atom is -0.493 e. The van der Waals surface area contributed by atoms with Crippen molar-refractivity contribution in [2.45, 2.75) is 45.6 Å². The molecule has 0 aliphatic rings. The van der Waals surface area contributed by atoms with Gasteiger partial charge < -0.3 is 19.9 Å². The molecule has 0 aliphatic heterocycles. The first kappa shape index (κ1) is 28.4. The average molecular weight is 544 g/mol. The van der Waals surface area contributed by atoms with Gasteiger partial charge in [0.25, 0.3) is 5.91 Å². The number of ether oxygens (including phenoxy) is 2. The van der Waals surface area contributed by atoms with Crippen molar-refractivity contribution in [2.75, 3.05) is 13.2 Å². The van der Waals surface area contributed by atoms with Crippen LogP contribution in [0.3, 0.4) is 0 Å². The normalized spacial score (nSPS) is 11.2. The van der Waals surface area contributed by atoms with E-state index in [1.807, 2.05) is 24.3 Å². The topological polar surface area (TPSA) is 84.9 Å². The molecule has 1 amide bonds. The molecule has 3 aromatic carbocycles. The van der Waals surface area contributed by atoms with Crippen LogP contribution >= 0.6 is 23.2 Å². The molecule has 0 bridgehead atoms. The Labute approximate surface area is 227 Å². The van der Waals surface area contributed by atoms with Gasteiger partial charge in [-0.15, -0.1) is 0 Å². The summed E-state index contributed by atoms with van der Waals surface area (Å²) >= 11 is 12.6. The van der Waals surface area contributed by atoms with Crippen LogP contribution < -0.4 is 14.8 Å². The first-order chi connectivity index (χ1) is 17.6. The van der Waals surface area contributed by atoms with Gasteiger partial charge in [-0.3, -0.25) is 4.79 Å². The Morgan fingerprint density at radius 3 is 2.38 bits per heavy atom. The lowest BCUT2D eigenvalue weighted by atomic mass is 10.0. The van der Waals surface area contributed by atoms with Crippen molar-refractivity contribution in [1.82, 2.24) is 5.32 Å². The maximum absolute atomic E-state index is 12.8. The van der Waals surface area contributed by atoms with Gasteiger partial charge in [-0.1, -0.05) is 60.8 Å². The molecule has 0 saturated heterocycles. The van der Waals surface area contributed by atoms with E-state index in [1.54, 1.807) is 36.4 Å². The van der Waals surface area contributed by atoms with E-state index in [0.717, 1.165) is 29.5 Å². The molecule has 0 unspecified atom stereocenters. The standard InChI is InChI=1S/C29H31Cl2NO5/c1-4-5-16-36-26-13-10-21(30)17-24(26)27(33)32-15-14-19-6-8-20(9-7-19)23-12-11-22(18-25(23)31)37-29(2,3)28(34)35/h6-13,17-18H,4-5,14-16H2,1-3H3,(H,32,33)(H,34,35). The molecule has 0 fully saturated rings. The highest BCUT2D eigenvalue weighted by Gasteiger charge is 2.29. The molecular weight excluding hydrogens is 513 g/mol. The third-order valence-corrected chi connectivity index (χ3v) is 6.28. The van der Waals surface area contributed by atoms with Crippen LogP contribution in [0, 0.1) is 0 Å². The van der Waals surface area contributed by atoms with Crippen molar-refractivity contribution in [2.24, 2.45) is 0 Å². The quantitative estimate of drug-likeness (QED) is 0.239. The van der Waals surface area contributed by atoms with Gasteiger partial charge in [0.15, 0.2) is 5.60 Å². The third kappa shape index (κ3) is 7.88. The number of unbranched alkanes of at least 4 members (excludes halogenated alkanes) is 1. The fourth-order valence-corrected chi connectivity index (χ4v) is 3.98. The molecule has 196 valence electrons. The van der Waals surface area contributed by atoms with Gasteiger partial charge in [-0.2, -0.15) is 0 Å². The number of amides is 1. The van der Waals surface area contributed by atoms with Crippen LogP contribution in [0.4, 0.5) is 0 Å². The summed E-state index contributed by atoms with van der Waals surface area (Å²) in [6, 6.07) is 18.0. The Kier molecular flexibility index (Phi) is 9.84. The lowest BCUT2D eigenvalue weighted by molar-refractivity contribution is -0.152. The van der Waals surface area contributed by atoms with Crippen molar-refractivity contribution < 1.29 is 24.2 Å². The average Bonchev–Trinajstić information content (AvgIpc) is 2.85. The highest BCUT2D eigenvalue weighted by Crippen LogP contribution is 2.32. The minimum absolute atomic E-state index is 0.231. The largest absolute Gasteiger partial charge is 0.493 e. The number of carbonyl (C=O) groups is 2. The van der Waals surface area contributed by atoms with Crippen LogP contribution in [-0.2, 0) is 11.2 Å². The molecule has 8 heteroatoms. The highest BCUT2D eigenvalue weighted by atomic mass is 35.5. The van der Waals surface area contributed by atoms with Gasteiger partial charge in [-0.25, -0.2) is 4.79 Å². The van der Waals surface area contributed by atoms with Crippen LogP contribution in [0.1, 0.15) is 49.5 Å². The summed E-state index contributed by atoms with van der Waals surface area (Å²) in [5.41, 5.74) is 1.83. The number of carboxylic acids is 1. The van der Waals surface area contributed by atoms with E-state index in [9.17, 15) is 14.7 Å². The Morgan fingerprint density at radius 1 is 1.00 bits per heavy atom. The number of carbonyl (C=O) groups excluding carboxylic acids is 1. The number of carboxylic acid groups (broad SMARTS) is 1. The Balaban J connectivity index is 1.60. The second kappa shape index (κ2) is 12.8. The van der Waals surface area contributed by atoms with Gasteiger partial charge in [0.2, 0.25) is 0 Å². The van der Waals surface area contributed by atoms with Gasteiger partial charge >= 0.3 is 5.97 Å². The molecule has 2 N–H and O–H groups in total. The summed E-state index contributed by atoms with van der Waals surface area (Å²) in [6.45, 7) is 6.04. The van der Waals surface area contributed by atoms with Gasteiger partial charge in [0.05, 0.1) is 17.2 Å². The molecule has 0 atom stereocenters. The van der Waals surface area contributed by atoms with E-state index in [0.29, 0.717) is 46.7 Å². The lowest BCUT2D eigenvalue weighted by Gasteiger charge is -2.22. The predicted molar refractivity (Wildman–Crippen MR) is 147 cm³/mol. The van der Waals surface area contributed by atoms with Gasteiger partial charge in [0, 0.05) is 17.1 Å². The first-order valence-electron chi connectivity index (χ1n) is 12.1. The Bertz CT molecular complexity index is 1240. The molecule has 37 heavy (non-hydrogen) atoms. The summed E-state index contributed by atoms with van der Waals surface area (Å²) in [5.74, 6) is -0.384. The van der Waals surface area contributed by atoms with Gasteiger partial charge in [0.1, 0.15) is 11.5 Å². The monoisotopic (exact) mass is 543 g/mol. The van der Waals surface area contributed by atoms with E-state index in [-0.39, 0.29) is 5.91 Å². The maximum atomic E-state index is 12.8. The predicted octanol–water partition coefficient (Wildman–Crippen LogP) is 7.05. The van der Waals surface area contributed by atoms with E-state index in [2.05, 4.69) is 12.2 Å². The number of hydrogen-bond acceptors (Lipinski definition) is 4. The highest BCUT2D eigenvalue weighted by molar-refractivity contribution is 6.33. The van der Waals surface area contributed by atoms with Crippen molar-refractivity contribution in [1.29, 1.82) is 0 Å². The number of benzene rings is 3. The smallest absolute Gasteiger partial charge is 0.347 e. The number of rotatable bonds is 12. The number of nitrogens with one attached hydrogen (secondary N) is 1. The zero-order chi connectivity index (χ0) is 27.0. The summed E-state index contributed by atoms with van der Waals surface area (Å²) in [6.07, 6.45) is 2.56. The van der Waals surface area contributed by atoms with E-state index in [4.69, 9.17) is 32.7 Å². The SMILES string of the molecule is CCCCOc1ccc(Cl)cc1C(=O)NCCc1ccc(-c2ccc(OC(C)(C)C(=O)O)cc2Cl)cc1. The zero-order valence-corrected chi connectivity index (χ0v) is 22.7. The Morgan fingerprint density at radius 2 is 1.73 bits per heavy atom. The van der Waals surface area contributed by atoms with Crippen molar-refractivity contribution in [3.05, 3.63) is 81.8 Å². The second-order valence-corrected chi connectivity index (χ2v) is 9.95. The molecule has 0 spiro atoms. The lowest BCUT2D eigenvalue weighted by Crippen LogP contribution is -2.37. The van der Waals surface area contributed by atoms with Crippen LogP contribution in [0.15, 0.2) is 60.7 Å². The van der Waals surface area contributed by atoms with E-state index < -0.39 is 11.6 Å². The fourth-order valence-electron chi connectivity index (χ4n) is 3.53. The molecule has 0 heterocycles. The van der Waals surface area contributed by atoms with Gasteiger partial charge in [-0.05, 0) is 74.2 Å². The summed E-state index contributed by atoms with van der Waals surface area (Å²) in [7, 11) is 0. The maximum Gasteiger partial charge on any atom is 0.347 e. The molecule has 0 aliphatic carbocycles. The fraction of sp³-hybridized carbons (Fsp3) is 0.310.